The molecule has 28 heavy (non-hydrogen) atoms. The number of amides is 1. The van der Waals surface area contributed by atoms with E-state index in [4.69, 9.17) is 11.6 Å². The van der Waals surface area contributed by atoms with Crippen molar-refractivity contribution in [3.8, 4) is 10.6 Å². The fourth-order valence-electron chi connectivity index (χ4n) is 3.17. The summed E-state index contributed by atoms with van der Waals surface area (Å²) in [5.41, 5.74) is 4.90. The molecule has 0 aliphatic rings. The first-order chi connectivity index (χ1) is 13.5. The molecule has 0 spiro atoms. The van der Waals surface area contributed by atoms with Gasteiger partial charge in [-0.3, -0.25) is 9.48 Å². The van der Waals surface area contributed by atoms with Crippen molar-refractivity contribution in [2.24, 2.45) is 7.05 Å². The lowest BCUT2D eigenvalue weighted by Crippen LogP contribution is -2.25. The Hall–Kier alpha value is -2.37. The van der Waals surface area contributed by atoms with Crippen molar-refractivity contribution in [1.82, 2.24) is 15.1 Å². The summed E-state index contributed by atoms with van der Waals surface area (Å²) < 4.78 is 1.75. The average Bonchev–Trinajstić information content (AvgIpc) is 3.32. The summed E-state index contributed by atoms with van der Waals surface area (Å²) in [7, 11) is 1.86. The lowest BCUT2D eigenvalue weighted by molar-refractivity contribution is 0.0949. The van der Waals surface area contributed by atoms with Gasteiger partial charge < -0.3 is 5.32 Å². The number of benzene rings is 1. The third kappa shape index (κ3) is 4.72. The van der Waals surface area contributed by atoms with E-state index in [0.717, 1.165) is 34.0 Å². The van der Waals surface area contributed by atoms with Crippen LogP contribution in [0.25, 0.3) is 16.1 Å². The maximum atomic E-state index is 12.6. The summed E-state index contributed by atoms with van der Waals surface area (Å²) in [5.74, 6) is -0.155. The number of allylic oxidation sites excluding steroid dienone is 1. The highest BCUT2D eigenvalue weighted by Crippen LogP contribution is 2.26. The lowest BCUT2D eigenvalue weighted by Gasteiger charge is -2.12. The monoisotopic (exact) mass is 413 g/mol. The van der Waals surface area contributed by atoms with Gasteiger partial charge in [0.1, 0.15) is 0 Å². The van der Waals surface area contributed by atoms with Crippen molar-refractivity contribution in [2.75, 3.05) is 6.54 Å². The molecule has 146 valence electrons. The van der Waals surface area contributed by atoms with Gasteiger partial charge in [0.2, 0.25) is 0 Å². The second-order valence-electron chi connectivity index (χ2n) is 6.62. The number of rotatable bonds is 7. The zero-order valence-corrected chi connectivity index (χ0v) is 17.9. The highest BCUT2D eigenvalue weighted by Gasteiger charge is 2.14. The van der Waals surface area contributed by atoms with E-state index in [0.29, 0.717) is 12.2 Å². The summed E-state index contributed by atoms with van der Waals surface area (Å²) in [6.07, 6.45) is 3.87. The third-order valence-corrected chi connectivity index (χ3v) is 5.69. The van der Waals surface area contributed by atoms with E-state index in [-0.39, 0.29) is 5.91 Å². The normalized spacial score (nSPS) is 11.6. The SMILES string of the molecule is CC/C=C(/CCNC(=O)c1cc(-c2cccs2)n(C)n1)c1cc(Cl)ccc1C. The van der Waals surface area contributed by atoms with Gasteiger partial charge in [-0.1, -0.05) is 36.7 Å². The minimum absolute atomic E-state index is 0.155. The van der Waals surface area contributed by atoms with Gasteiger partial charge in [0.25, 0.3) is 5.91 Å². The number of carbonyl (C=O) groups is 1. The quantitative estimate of drug-likeness (QED) is 0.538. The van der Waals surface area contributed by atoms with Crippen LogP contribution in [0.3, 0.4) is 0 Å². The molecule has 0 unspecified atom stereocenters. The van der Waals surface area contributed by atoms with Crippen LogP contribution >= 0.6 is 22.9 Å². The van der Waals surface area contributed by atoms with E-state index in [1.54, 1.807) is 16.0 Å². The first-order valence-electron chi connectivity index (χ1n) is 9.31. The summed E-state index contributed by atoms with van der Waals surface area (Å²) in [5, 5.41) is 10.1. The minimum Gasteiger partial charge on any atom is -0.350 e. The number of aromatic nitrogens is 2. The van der Waals surface area contributed by atoms with Gasteiger partial charge in [0, 0.05) is 18.6 Å². The summed E-state index contributed by atoms with van der Waals surface area (Å²) in [4.78, 5) is 13.6. The van der Waals surface area contributed by atoms with Gasteiger partial charge in [-0.15, -0.1) is 11.3 Å². The largest absolute Gasteiger partial charge is 0.350 e. The molecule has 0 saturated heterocycles. The molecule has 0 atom stereocenters. The molecule has 2 aromatic heterocycles. The Morgan fingerprint density at radius 3 is 2.86 bits per heavy atom. The molecule has 0 saturated carbocycles. The average molecular weight is 414 g/mol. The standard InChI is InChI=1S/C22H24ClN3OS/c1-4-6-16(18-13-17(23)9-8-15(18)2)10-11-24-22(27)19-14-20(26(3)25-19)21-7-5-12-28-21/h5-9,12-14H,4,10-11H2,1-3H3,(H,24,27)/b16-6-. The van der Waals surface area contributed by atoms with Gasteiger partial charge in [-0.05, 0) is 66.1 Å². The molecule has 3 rings (SSSR count). The predicted octanol–water partition coefficient (Wildman–Crippen LogP) is 5.72. The lowest BCUT2D eigenvalue weighted by atomic mass is 9.97. The molecule has 2 heterocycles. The first kappa shape index (κ1) is 20.4. The Bertz CT molecular complexity index is 989. The first-order valence-corrected chi connectivity index (χ1v) is 10.6. The van der Waals surface area contributed by atoms with Crippen molar-refractivity contribution in [3.63, 3.8) is 0 Å². The fraction of sp³-hybridized carbons (Fsp3) is 0.273. The Labute approximate surface area is 174 Å². The van der Waals surface area contributed by atoms with Gasteiger partial charge in [-0.2, -0.15) is 5.10 Å². The molecular formula is C22H24ClN3OS. The number of halogens is 1. The molecule has 0 bridgehead atoms. The topological polar surface area (TPSA) is 46.9 Å². The van der Waals surface area contributed by atoms with Crippen LogP contribution in [0.5, 0.6) is 0 Å². The van der Waals surface area contributed by atoms with Crippen molar-refractivity contribution in [3.05, 3.63) is 69.7 Å². The van der Waals surface area contributed by atoms with Crippen LogP contribution in [0.1, 0.15) is 41.4 Å². The van der Waals surface area contributed by atoms with Crippen LogP contribution in [0, 0.1) is 6.92 Å². The van der Waals surface area contributed by atoms with E-state index < -0.39 is 0 Å². The second-order valence-corrected chi connectivity index (χ2v) is 8.00. The zero-order chi connectivity index (χ0) is 20.1. The van der Waals surface area contributed by atoms with Crippen LogP contribution < -0.4 is 5.32 Å². The van der Waals surface area contributed by atoms with E-state index in [9.17, 15) is 4.79 Å². The Morgan fingerprint density at radius 2 is 2.14 bits per heavy atom. The number of carbonyl (C=O) groups excluding carboxylic acids is 1. The van der Waals surface area contributed by atoms with Gasteiger partial charge in [0.15, 0.2) is 5.69 Å². The summed E-state index contributed by atoms with van der Waals surface area (Å²) >= 11 is 7.81. The van der Waals surface area contributed by atoms with E-state index in [1.807, 2.05) is 48.8 Å². The Morgan fingerprint density at radius 1 is 1.32 bits per heavy atom. The molecule has 0 fully saturated rings. The predicted molar refractivity (Wildman–Crippen MR) is 118 cm³/mol. The molecule has 0 radical (unpaired) electrons. The fourth-order valence-corrected chi connectivity index (χ4v) is 4.11. The molecule has 1 amide bonds. The Balaban J connectivity index is 1.66. The second kappa shape index (κ2) is 9.22. The molecular weight excluding hydrogens is 390 g/mol. The molecule has 0 aliphatic heterocycles. The number of nitrogens with zero attached hydrogens (tertiary/aromatic N) is 2. The summed E-state index contributed by atoms with van der Waals surface area (Å²) in [6, 6.07) is 11.8. The zero-order valence-electron chi connectivity index (χ0n) is 16.3. The molecule has 4 nitrogen and oxygen atoms in total. The third-order valence-electron chi connectivity index (χ3n) is 4.56. The minimum atomic E-state index is -0.155. The van der Waals surface area contributed by atoms with Gasteiger partial charge in [-0.25, -0.2) is 0 Å². The number of nitrogens with one attached hydrogen (secondary N) is 1. The molecule has 6 heteroatoms. The Kier molecular flexibility index (Phi) is 6.70. The number of aryl methyl sites for hydroxylation is 2. The smallest absolute Gasteiger partial charge is 0.271 e. The van der Waals surface area contributed by atoms with Gasteiger partial charge in [0.05, 0.1) is 10.6 Å². The maximum absolute atomic E-state index is 12.6. The van der Waals surface area contributed by atoms with Crippen molar-refractivity contribution >= 4 is 34.4 Å². The van der Waals surface area contributed by atoms with Crippen LogP contribution in [0.15, 0.2) is 47.9 Å². The number of hydrogen-bond donors (Lipinski definition) is 1. The van der Waals surface area contributed by atoms with E-state index in [2.05, 4.69) is 30.3 Å². The number of thiophene rings is 1. The van der Waals surface area contributed by atoms with Crippen molar-refractivity contribution in [1.29, 1.82) is 0 Å². The number of hydrogen-bond acceptors (Lipinski definition) is 3. The maximum Gasteiger partial charge on any atom is 0.271 e. The van der Waals surface area contributed by atoms with Crippen LogP contribution in [-0.4, -0.2) is 22.2 Å². The molecule has 1 N–H and O–H groups in total. The summed E-state index contributed by atoms with van der Waals surface area (Å²) in [6.45, 7) is 4.73. The molecule has 3 aromatic rings. The van der Waals surface area contributed by atoms with E-state index in [1.165, 1.54) is 11.1 Å². The van der Waals surface area contributed by atoms with E-state index >= 15 is 0 Å². The van der Waals surface area contributed by atoms with Crippen molar-refractivity contribution < 1.29 is 4.79 Å². The van der Waals surface area contributed by atoms with Crippen LogP contribution in [0.4, 0.5) is 0 Å². The van der Waals surface area contributed by atoms with Gasteiger partial charge >= 0.3 is 0 Å². The molecule has 0 aliphatic carbocycles. The molecule has 1 aromatic carbocycles. The van der Waals surface area contributed by atoms with Crippen LogP contribution in [0.2, 0.25) is 5.02 Å². The van der Waals surface area contributed by atoms with Crippen LogP contribution in [-0.2, 0) is 7.05 Å². The highest BCUT2D eigenvalue weighted by atomic mass is 35.5. The highest BCUT2D eigenvalue weighted by molar-refractivity contribution is 7.13. The van der Waals surface area contributed by atoms with Crippen molar-refractivity contribution in [2.45, 2.75) is 26.7 Å².